The maximum atomic E-state index is 13.2. The summed E-state index contributed by atoms with van der Waals surface area (Å²) >= 11 is 5.28. The van der Waals surface area contributed by atoms with Crippen molar-refractivity contribution in [3.8, 4) is 0 Å². The molecule has 19 heavy (non-hydrogen) atoms. The Morgan fingerprint density at radius 1 is 1.47 bits per heavy atom. The Morgan fingerprint density at radius 2 is 2.16 bits per heavy atom. The number of likely N-dealkylation sites (N-methyl/N-ethyl adjacent to an activating group) is 1. The normalized spacial score (nSPS) is 14.7. The number of nitrogens with two attached hydrogens (primary N) is 1. The SMILES string of the molecule is CCC(CSC)N(C)C(CN)c1ccc(F)cc1Br. The molecule has 0 aliphatic rings. The molecule has 0 aliphatic heterocycles. The van der Waals surface area contributed by atoms with E-state index >= 15 is 0 Å². The summed E-state index contributed by atoms with van der Waals surface area (Å²) in [6.45, 7) is 2.70. The third kappa shape index (κ3) is 4.45. The lowest BCUT2D eigenvalue weighted by molar-refractivity contribution is 0.187. The molecule has 0 fully saturated rings. The van der Waals surface area contributed by atoms with Crippen LogP contribution in [0.4, 0.5) is 4.39 Å². The Bertz CT molecular complexity index is 403. The van der Waals surface area contributed by atoms with Crippen molar-refractivity contribution in [2.45, 2.75) is 25.4 Å². The average Bonchev–Trinajstić information content (AvgIpc) is 2.39. The van der Waals surface area contributed by atoms with Crippen molar-refractivity contribution < 1.29 is 4.39 Å². The summed E-state index contributed by atoms with van der Waals surface area (Å²) in [5, 5.41) is 0. The van der Waals surface area contributed by atoms with Crippen LogP contribution < -0.4 is 5.73 Å². The summed E-state index contributed by atoms with van der Waals surface area (Å²) in [4.78, 5) is 2.30. The molecule has 0 saturated heterocycles. The van der Waals surface area contributed by atoms with Crippen LogP contribution in [0.5, 0.6) is 0 Å². The molecule has 0 aromatic heterocycles. The lowest BCUT2D eigenvalue weighted by Crippen LogP contribution is -2.39. The quantitative estimate of drug-likeness (QED) is 0.815. The highest BCUT2D eigenvalue weighted by molar-refractivity contribution is 9.10. The first-order valence-electron chi connectivity index (χ1n) is 6.41. The summed E-state index contributed by atoms with van der Waals surface area (Å²) < 4.78 is 14.0. The maximum Gasteiger partial charge on any atom is 0.124 e. The van der Waals surface area contributed by atoms with Crippen molar-refractivity contribution in [3.63, 3.8) is 0 Å². The molecule has 5 heteroatoms. The van der Waals surface area contributed by atoms with Crippen LogP contribution in [0.2, 0.25) is 0 Å². The first-order valence-corrected chi connectivity index (χ1v) is 8.59. The predicted molar refractivity (Wildman–Crippen MR) is 86.1 cm³/mol. The van der Waals surface area contributed by atoms with E-state index in [1.807, 2.05) is 17.8 Å². The van der Waals surface area contributed by atoms with Crippen LogP contribution in [0.3, 0.4) is 0 Å². The van der Waals surface area contributed by atoms with Crippen LogP contribution in [0, 0.1) is 5.82 Å². The van der Waals surface area contributed by atoms with E-state index < -0.39 is 0 Å². The van der Waals surface area contributed by atoms with E-state index in [0.29, 0.717) is 12.6 Å². The molecule has 108 valence electrons. The zero-order valence-corrected chi connectivity index (χ0v) is 14.1. The van der Waals surface area contributed by atoms with Crippen molar-refractivity contribution in [2.75, 3.05) is 25.6 Å². The minimum atomic E-state index is -0.231. The zero-order valence-electron chi connectivity index (χ0n) is 11.7. The van der Waals surface area contributed by atoms with E-state index in [0.717, 1.165) is 22.2 Å². The number of rotatable bonds is 7. The number of hydrogen-bond donors (Lipinski definition) is 1. The highest BCUT2D eigenvalue weighted by atomic mass is 79.9. The van der Waals surface area contributed by atoms with Gasteiger partial charge in [-0.15, -0.1) is 0 Å². The molecular formula is C14H22BrFN2S. The van der Waals surface area contributed by atoms with Crippen molar-refractivity contribution in [1.29, 1.82) is 0 Å². The summed E-state index contributed by atoms with van der Waals surface area (Å²) in [7, 11) is 2.09. The largest absolute Gasteiger partial charge is 0.329 e. The lowest BCUT2D eigenvalue weighted by atomic mass is 10.0. The number of benzene rings is 1. The fourth-order valence-electron chi connectivity index (χ4n) is 2.25. The summed E-state index contributed by atoms with van der Waals surface area (Å²) in [6.07, 6.45) is 3.19. The number of hydrogen-bond acceptors (Lipinski definition) is 3. The van der Waals surface area contributed by atoms with Gasteiger partial charge in [0.1, 0.15) is 5.82 Å². The first-order chi connectivity index (χ1) is 9.04. The fraction of sp³-hybridized carbons (Fsp3) is 0.571. The van der Waals surface area contributed by atoms with Crippen molar-refractivity contribution in [1.82, 2.24) is 4.90 Å². The van der Waals surface area contributed by atoms with E-state index in [4.69, 9.17) is 5.73 Å². The van der Waals surface area contributed by atoms with Gasteiger partial charge < -0.3 is 5.73 Å². The molecule has 0 heterocycles. The standard InChI is InChI=1S/C14H22BrFN2S/c1-4-11(9-19-3)18(2)14(8-17)12-6-5-10(16)7-13(12)15/h5-7,11,14H,4,8-9,17H2,1-3H3. The van der Waals surface area contributed by atoms with Gasteiger partial charge in [0.2, 0.25) is 0 Å². The van der Waals surface area contributed by atoms with Gasteiger partial charge in [-0.3, -0.25) is 4.90 Å². The van der Waals surface area contributed by atoms with E-state index in [2.05, 4.69) is 41.1 Å². The highest BCUT2D eigenvalue weighted by Gasteiger charge is 2.23. The van der Waals surface area contributed by atoms with Crippen LogP contribution in [0.15, 0.2) is 22.7 Å². The molecule has 0 spiro atoms. The van der Waals surface area contributed by atoms with Gasteiger partial charge in [-0.1, -0.05) is 28.9 Å². The molecule has 1 rings (SSSR count). The maximum absolute atomic E-state index is 13.2. The number of thioether (sulfide) groups is 1. The highest BCUT2D eigenvalue weighted by Crippen LogP contribution is 2.29. The molecule has 0 bridgehead atoms. The number of nitrogens with zero attached hydrogens (tertiary/aromatic N) is 1. The molecule has 0 amide bonds. The minimum Gasteiger partial charge on any atom is -0.329 e. The smallest absolute Gasteiger partial charge is 0.124 e. The second-order valence-corrected chi connectivity index (χ2v) is 6.37. The van der Waals surface area contributed by atoms with E-state index in [9.17, 15) is 4.39 Å². The van der Waals surface area contributed by atoms with Crippen LogP contribution in [-0.2, 0) is 0 Å². The third-order valence-corrected chi connectivity index (χ3v) is 4.85. The molecule has 0 saturated carbocycles. The summed E-state index contributed by atoms with van der Waals surface area (Å²) in [6, 6.07) is 5.39. The Balaban J connectivity index is 2.98. The number of halogens is 2. The van der Waals surface area contributed by atoms with Gasteiger partial charge in [-0.25, -0.2) is 4.39 Å². The molecule has 2 N–H and O–H groups in total. The van der Waals surface area contributed by atoms with Gasteiger partial charge in [0.25, 0.3) is 0 Å². The molecule has 0 radical (unpaired) electrons. The van der Waals surface area contributed by atoms with Gasteiger partial charge in [0, 0.05) is 28.9 Å². The predicted octanol–water partition coefficient (Wildman–Crippen LogP) is 3.66. The van der Waals surface area contributed by atoms with Crippen LogP contribution >= 0.6 is 27.7 Å². The van der Waals surface area contributed by atoms with Crippen molar-refractivity contribution >= 4 is 27.7 Å². The zero-order chi connectivity index (χ0) is 14.4. The Labute approximate surface area is 128 Å². The molecule has 2 atom stereocenters. The molecule has 2 nitrogen and oxygen atoms in total. The Morgan fingerprint density at radius 3 is 2.63 bits per heavy atom. The van der Waals surface area contributed by atoms with Crippen LogP contribution in [-0.4, -0.2) is 36.5 Å². The van der Waals surface area contributed by atoms with Gasteiger partial charge in [0.15, 0.2) is 0 Å². The second kappa shape index (κ2) is 8.25. The lowest BCUT2D eigenvalue weighted by Gasteiger charge is -2.34. The molecule has 1 aromatic carbocycles. The van der Waals surface area contributed by atoms with Gasteiger partial charge in [-0.2, -0.15) is 11.8 Å². The van der Waals surface area contributed by atoms with Crippen molar-refractivity contribution in [2.24, 2.45) is 5.73 Å². The summed E-state index contributed by atoms with van der Waals surface area (Å²) in [5.74, 6) is 0.840. The second-order valence-electron chi connectivity index (χ2n) is 4.60. The first kappa shape index (κ1) is 17.0. The van der Waals surface area contributed by atoms with Crippen LogP contribution in [0.1, 0.15) is 24.9 Å². The van der Waals surface area contributed by atoms with E-state index in [1.54, 1.807) is 0 Å². The molecular weight excluding hydrogens is 327 g/mol. The van der Waals surface area contributed by atoms with Crippen LogP contribution in [0.25, 0.3) is 0 Å². The van der Waals surface area contributed by atoms with Gasteiger partial charge in [0.05, 0.1) is 0 Å². The Hall–Kier alpha value is -0.100. The minimum absolute atomic E-state index is 0.104. The topological polar surface area (TPSA) is 29.3 Å². The third-order valence-electron chi connectivity index (χ3n) is 3.44. The molecule has 2 unspecified atom stereocenters. The van der Waals surface area contributed by atoms with Gasteiger partial charge >= 0.3 is 0 Å². The summed E-state index contributed by atoms with van der Waals surface area (Å²) in [5.41, 5.74) is 6.99. The monoisotopic (exact) mass is 348 g/mol. The van der Waals surface area contributed by atoms with Gasteiger partial charge in [-0.05, 0) is 37.4 Å². The van der Waals surface area contributed by atoms with E-state index in [-0.39, 0.29) is 11.9 Å². The fourth-order valence-corrected chi connectivity index (χ4v) is 3.73. The molecule has 0 aliphatic carbocycles. The van der Waals surface area contributed by atoms with Crippen molar-refractivity contribution in [3.05, 3.63) is 34.1 Å². The van der Waals surface area contributed by atoms with E-state index in [1.165, 1.54) is 12.1 Å². The Kier molecular flexibility index (Phi) is 7.36. The molecule has 1 aromatic rings. The average molecular weight is 349 g/mol.